The average Bonchev–Trinajstić information content (AvgIpc) is 3.33. The largest absolute Gasteiger partial charge is 0.490 e. The number of aromatic nitrogens is 3. The van der Waals surface area contributed by atoms with Gasteiger partial charge in [0, 0.05) is 38.2 Å². The standard InChI is InChI=1S/C18H22N4O3.C2HF3O2/c1-21-9-15(8-20-21)17(23)22-12-18(13-22)16(4-6-25-18)11-24-10-14-3-2-5-19-7-14;3-2(4,5)1(6)7/h2-3,5,7-9,16H,4,6,10-13H2,1H3;(H,6,7). The number of amides is 1. The van der Waals surface area contributed by atoms with E-state index in [1.54, 1.807) is 23.3 Å². The molecule has 2 aromatic heterocycles. The van der Waals surface area contributed by atoms with Crippen LogP contribution < -0.4 is 0 Å². The molecular weight excluding hydrogens is 433 g/mol. The van der Waals surface area contributed by atoms with Crippen LogP contribution >= 0.6 is 0 Å². The Hall–Kier alpha value is -2.99. The van der Waals surface area contributed by atoms with Crippen molar-refractivity contribution in [3.05, 3.63) is 48.0 Å². The van der Waals surface area contributed by atoms with Crippen molar-refractivity contribution in [2.75, 3.05) is 26.3 Å². The maximum Gasteiger partial charge on any atom is 0.490 e. The van der Waals surface area contributed by atoms with Gasteiger partial charge in [-0.2, -0.15) is 18.3 Å². The first-order chi connectivity index (χ1) is 15.1. The quantitative estimate of drug-likeness (QED) is 0.732. The van der Waals surface area contributed by atoms with E-state index in [1.807, 2.05) is 30.3 Å². The average molecular weight is 456 g/mol. The number of rotatable bonds is 5. The molecule has 0 aromatic carbocycles. The molecule has 2 fully saturated rings. The highest BCUT2D eigenvalue weighted by Gasteiger charge is 2.54. The smallest absolute Gasteiger partial charge is 0.475 e. The second-order valence-electron chi connectivity index (χ2n) is 7.64. The molecular formula is C20H23F3N4O5. The van der Waals surface area contributed by atoms with Crippen molar-refractivity contribution < 1.29 is 37.3 Å². The number of aliphatic carboxylic acids is 1. The van der Waals surface area contributed by atoms with Crippen molar-refractivity contribution in [3.63, 3.8) is 0 Å². The fourth-order valence-electron chi connectivity index (χ4n) is 3.63. The van der Waals surface area contributed by atoms with Crippen LogP contribution in [-0.2, 0) is 27.9 Å². The highest BCUT2D eigenvalue weighted by Crippen LogP contribution is 2.40. The Bertz CT molecular complexity index is 929. The van der Waals surface area contributed by atoms with Gasteiger partial charge in [-0.15, -0.1) is 0 Å². The van der Waals surface area contributed by atoms with Gasteiger partial charge in [0.05, 0.1) is 38.1 Å². The van der Waals surface area contributed by atoms with Crippen molar-refractivity contribution in [2.45, 2.75) is 24.8 Å². The number of ether oxygens (including phenoxy) is 2. The monoisotopic (exact) mass is 456 g/mol. The Morgan fingerprint density at radius 3 is 2.62 bits per heavy atom. The van der Waals surface area contributed by atoms with E-state index in [-0.39, 0.29) is 11.5 Å². The third kappa shape index (κ3) is 5.62. The second kappa shape index (κ2) is 9.65. The van der Waals surface area contributed by atoms with Gasteiger partial charge >= 0.3 is 12.1 Å². The maximum absolute atomic E-state index is 12.5. The summed E-state index contributed by atoms with van der Waals surface area (Å²) < 4.78 is 45.3. The second-order valence-corrected chi connectivity index (χ2v) is 7.64. The minimum Gasteiger partial charge on any atom is -0.475 e. The summed E-state index contributed by atoms with van der Waals surface area (Å²) in [5.41, 5.74) is 1.45. The fraction of sp³-hybridized carbons (Fsp3) is 0.500. The third-order valence-corrected chi connectivity index (χ3v) is 5.31. The number of halogens is 3. The number of likely N-dealkylation sites (tertiary alicyclic amines) is 1. The summed E-state index contributed by atoms with van der Waals surface area (Å²) in [6.07, 6.45) is 2.82. The van der Waals surface area contributed by atoms with Crippen molar-refractivity contribution in [3.8, 4) is 0 Å². The predicted octanol–water partition coefficient (Wildman–Crippen LogP) is 1.90. The van der Waals surface area contributed by atoms with Crippen LogP contribution in [0.1, 0.15) is 22.3 Å². The molecule has 0 radical (unpaired) electrons. The summed E-state index contributed by atoms with van der Waals surface area (Å²) in [5, 5.41) is 11.2. The van der Waals surface area contributed by atoms with E-state index in [2.05, 4.69) is 10.1 Å². The van der Waals surface area contributed by atoms with Crippen LogP contribution in [0.15, 0.2) is 36.9 Å². The van der Waals surface area contributed by atoms with Crippen molar-refractivity contribution in [2.24, 2.45) is 13.0 Å². The molecule has 2 aliphatic heterocycles. The Morgan fingerprint density at radius 1 is 1.34 bits per heavy atom. The van der Waals surface area contributed by atoms with Crippen LogP contribution in [0.25, 0.3) is 0 Å². The zero-order valence-electron chi connectivity index (χ0n) is 17.3. The minimum atomic E-state index is -5.08. The van der Waals surface area contributed by atoms with Crippen LogP contribution in [-0.4, -0.2) is 74.7 Å². The first-order valence-electron chi connectivity index (χ1n) is 9.79. The van der Waals surface area contributed by atoms with Gasteiger partial charge < -0.3 is 19.5 Å². The van der Waals surface area contributed by atoms with E-state index in [1.165, 1.54) is 0 Å². The molecule has 32 heavy (non-hydrogen) atoms. The summed E-state index contributed by atoms with van der Waals surface area (Å²) in [6.45, 7) is 3.18. The molecule has 1 spiro atoms. The zero-order chi connectivity index (χ0) is 23.4. The van der Waals surface area contributed by atoms with Gasteiger partial charge in [0.25, 0.3) is 5.91 Å². The number of alkyl halides is 3. The fourth-order valence-corrected chi connectivity index (χ4v) is 3.63. The number of carboxylic acids is 1. The molecule has 0 bridgehead atoms. The minimum absolute atomic E-state index is 0.0178. The summed E-state index contributed by atoms with van der Waals surface area (Å²) in [7, 11) is 1.81. The summed E-state index contributed by atoms with van der Waals surface area (Å²) in [6, 6.07) is 3.91. The highest BCUT2D eigenvalue weighted by molar-refractivity contribution is 5.94. The lowest BCUT2D eigenvalue weighted by Crippen LogP contribution is -2.66. The molecule has 0 aliphatic carbocycles. The normalized spacial score (nSPS) is 19.2. The predicted molar refractivity (Wildman–Crippen MR) is 103 cm³/mol. The molecule has 2 saturated heterocycles. The first-order valence-corrected chi connectivity index (χ1v) is 9.79. The van der Waals surface area contributed by atoms with Crippen LogP contribution in [0.4, 0.5) is 13.2 Å². The topological polar surface area (TPSA) is 107 Å². The SMILES string of the molecule is Cn1cc(C(=O)N2CC3(C2)OCCC3COCc2cccnc2)cn1.O=C(O)C(F)(F)F. The number of carboxylic acid groups (broad SMARTS) is 1. The van der Waals surface area contributed by atoms with Gasteiger partial charge in [-0.1, -0.05) is 6.07 Å². The number of nitrogens with zero attached hydrogens (tertiary/aromatic N) is 4. The van der Waals surface area contributed by atoms with Gasteiger partial charge in [-0.25, -0.2) is 4.79 Å². The molecule has 174 valence electrons. The number of hydrogen-bond acceptors (Lipinski definition) is 6. The van der Waals surface area contributed by atoms with E-state index in [9.17, 15) is 18.0 Å². The van der Waals surface area contributed by atoms with Crippen LogP contribution in [0, 0.1) is 5.92 Å². The molecule has 0 saturated carbocycles. The van der Waals surface area contributed by atoms with Gasteiger partial charge in [0.1, 0.15) is 5.60 Å². The number of carbonyl (C=O) groups excluding carboxylic acids is 1. The molecule has 1 atom stereocenters. The molecule has 2 aromatic rings. The van der Waals surface area contributed by atoms with Crippen LogP contribution in [0.3, 0.4) is 0 Å². The molecule has 1 amide bonds. The molecule has 9 nitrogen and oxygen atoms in total. The molecule has 1 unspecified atom stereocenters. The summed E-state index contributed by atoms with van der Waals surface area (Å²) >= 11 is 0. The van der Waals surface area contributed by atoms with E-state index in [4.69, 9.17) is 19.4 Å². The van der Waals surface area contributed by atoms with Crippen molar-refractivity contribution in [1.29, 1.82) is 0 Å². The van der Waals surface area contributed by atoms with Crippen molar-refractivity contribution in [1.82, 2.24) is 19.7 Å². The number of hydrogen-bond donors (Lipinski definition) is 1. The summed E-state index contributed by atoms with van der Waals surface area (Å²) in [5.74, 6) is -2.42. The van der Waals surface area contributed by atoms with E-state index < -0.39 is 12.1 Å². The Morgan fingerprint density at radius 2 is 2.06 bits per heavy atom. The first kappa shape index (κ1) is 23.7. The van der Waals surface area contributed by atoms with E-state index in [0.717, 1.165) is 18.6 Å². The number of carbonyl (C=O) groups is 2. The summed E-state index contributed by atoms with van der Waals surface area (Å²) in [4.78, 5) is 27.3. The molecule has 12 heteroatoms. The Kier molecular flexibility index (Phi) is 7.14. The molecule has 4 rings (SSSR count). The van der Waals surface area contributed by atoms with Gasteiger partial charge in [0.2, 0.25) is 0 Å². The Balaban J connectivity index is 0.000000360. The lowest BCUT2D eigenvalue weighted by molar-refractivity contribution is -0.192. The molecule has 1 N–H and O–H groups in total. The van der Waals surface area contributed by atoms with Crippen LogP contribution in [0.2, 0.25) is 0 Å². The lowest BCUT2D eigenvalue weighted by atomic mass is 9.81. The zero-order valence-corrected chi connectivity index (χ0v) is 17.3. The highest BCUT2D eigenvalue weighted by atomic mass is 19.4. The van der Waals surface area contributed by atoms with Gasteiger partial charge in [-0.3, -0.25) is 14.5 Å². The molecule has 2 aliphatic rings. The maximum atomic E-state index is 12.5. The number of pyridine rings is 1. The van der Waals surface area contributed by atoms with Crippen LogP contribution in [0.5, 0.6) is 0 Å². The van der Waals surface area contributed by atoms with Gasteiger partial charge in [0.15, 0.2) is 0 Å². The molecule has 4 heterocycles. The third-order valence-electron chi connectivity index (χ3n) is 5.31. The lowest BCUT2D eigenvalue weighted by Gasteiger charge is -2.50. The van der Waals surface area contributed by atoms with E-state index >= 15 is 0 Å². The van der Waals surface area contributed by atoms with Gasteiger partial charge in [-0.05, 0) is 18.1 Å². The Labute approximate surface area is 181 Å². The number of aryl methyl sites for hydroxylation is 1. The van der Waals surface area contributed by atoms with Crippen molar-refractivity contribution >= 4 is 11.9 Å². The van der Waals surface area contributed by atoms with E-state index in [0.29, 0.717) is 37.8 Å².